The van der Waals surface area contributed by atoms with E-state index in [0.29, 0.717) is 23.8 Å². The number of nitrogens with zero attached hydrogens (tertiary/aromatic N) is 3. The lowest BCUT2D eigenvalue weighted by Crippen LogP contribution is -2.30. The Morgan fingerprint density at radius 2 is 1.77 bits per heavy atom. The third kappa shape index (κ3) is 3.58. The fourth-order valence-corrected chi connectivity index (χ4v) is 2.23. The number of rotatable bonds is 7. The number of hydrogen-bond donors (Lipinski definition) is 0. The Kier molecular flexibility index (Phi) is 5.41. The molecule has 118 valence electrons. The van der Waals surface area contributed by atoms with Crippen LogP contribution in [-0.4, -0.2) is 30.2 Å². The third-order valence-corrected chi connectivity index (χ3v) is 3.47. The predicted octanol–water partition coefficient (Wildman–Crippen LogP) is 3.50. The number of benzene rings is 2. The summed E-state index contributed by atoms with van der Waals surface area (Å²) in [5.41, 5.74) is 0.845. The van der Waals surface area contributed by atoms with E-state index >= 15 is 0 Å². The SMILES string of the molecule is CCN(CC)/[N+]([O-])=N/OCc1cc2ccccc2cc1OC. The number of methoxy groups -OCH3 is 1. The van der Waals surface area contributed by atoms with Gasteiger partial charge >= 0.3 is 0 Å². The molecule has 2 rings (SSSR count). The molecule has 0 fully saturated rings. The minimum absolute atomic E-state index is 0.175. The maximum Gasteiger partial charge on any atom is 0.233 e. The van der Waals surface area contributed by atoms with E-state index in [0.717, 1.165) is 16.3 Å². The van der Waals surface area contributed by atoms with Crippen LogP contribution < -0.4 is 4.74 Å². The summed E-state index contributed by atoms with van der Waals surface area (Å²) < 4.78 is 5.38. The van der Waals surface area contributed by atoms with E-state index in [9.17, 15) is 5.21 Å². The van der Waals surface area contributed by atoms with Crippen molar-refractivity contribution in [1.29, 1.82) is 0 Å². The van der Waals surface area contributed by atoms with E-state index in [1.807, 2.05) is 50.2 Å². The number of fused-ring (bicyclic) bond motifs is 1. The summed E-state index contributed by atoms with van der Waals surface area (Å²) in [4.78, 5) is 5.65. The van der Waals surface area contributed by atoms with Crippen LogP contribution in [0.15, 0.2) is 41.7 Å². The molecule has 0 saturated heterocycles. The maximum absolute atomic E-state index is 11.7. The minimum Gasteiger partial charge on any atom is -0.569 e. The summed E-state index contributed by atoms with van der Waals surface area (Å²) in [6, 6.07) is 11.9. The molecule has 0 aliphatic carbocycles. The summed E-state index contributed by atoms with van der Waals surface area (Å²) in [5.74, 6) is 0.717. The Balaban J connectivity index is 2.15. The second-order valence-corrected chi connectivity index (χ2v) is 4.76. The second kappa shape index (κ2) is 7.49. The van der Waals surface area contributed by atoms with Crippen LogP contribution in [0.5, 0.6) is 5.75 Å². The summed E-state index contributed by atoms with van der Waals surface area (Å²) in [6.45, 7) is 5.10. The van der Waals surface area contributed by atoms with Crippen LogP contribution in [-0.2, 0) is 11.4 Å². The monoisotopic (exact) mass is 303 g/mol. The van der Waals surface area contributed by atoms with Gasteiger partial charge in [-0.25, -0.2) is 0 Å². The van der Waals surface area contributed by atoms with Gasteiger partial charge in [0, 0.05) is 5.56 Å². The predicted molar refractivity (Wildman–Crippen MR) is 84.3 cm³/mol. The van der Waals surface area contributed by atoms with Crippen LogP contribution in [0.2, 0.25) is 0 Å². The fraction of sp³-hybridized carbons (Fsp3) is 0.375. The van der Waals surface area contributed by atoms with Gasteiger partial charge in [0.1, 0.15) is 5.75 Å². The first-order chi connectivity index (χ1) is 10.7. The van der Waals surface area contributed by atoms with Gasteiger partial charge in [0.25, 0.3) is 0 Å². The lowest BCUT2D eigenvalue weighted by atomic mass is 10.1. The molecule has 0 bridgehead atoms. The van der Waals surface area contributed by atoms with Crippen LogP contribution in [0.25, 0.3) is 10.8 Å². The quantitative estimate of drug-likeness (QED) is 0.446. The highest BCUT2D eigenvalue weighted by Gasteiger charge is 2.09. The van der Waals surface area contributed by atoms with Crippen molar-refractivity contribution in [3.8, 4) is 5.75 Å². The standard InChI is InChI=1S/C16H21N3O3/c1-4-18(5-2)19(20)17-22-12-15-10-13-8-6-7-9-14(13)11-16(15)21-3/h6-11H,4-5,12H2,1-3H3/b19-17-. The molecule has 0 unspecified atom stereocenters. The van der Waals surface area contributed by atoms with E-state index in [-0.39, 0.29) is 6.61 Å². The molecule has 0 aliphatic rings. The smallest absolute Gasteiger partial charge is 0.233 e. The van der Waals surface area contributed by atoms with Gasteiger partial charge in [-0.05, 0) is 36.8 Å². The molecule has 0 radical (unpaired) electrons. The summed E-state index contributed by atoms with van der Waals surface area (Å²) in [6.07, 6.45) is 0. The molecule has 0 N–H and O–H groups in total. The third-order valence-electron chi connectivity index (χ3n) is 3.47. The molecule has 0 heterocycles. The summed E-state index contributed by atoms with van der Waals surface area (Å²) in [7, 11) is 1.61. The van der Waals surface area contributed by atoms with Gasteiger partial charge in [-0.1, -0.05) is 24.3 Å². The molecule has 0 aromatic heterocycles. The van der Waals surface area contributed by atoms with E-state index in [1.54, 1.807) is 7.11 Å². The van der Waals surface area contributed by atoms with Crippen LogP contribution in [0.4, 0.5) is 0 Å². The highest BCUT2D eigenvalue weighted by molar-refractivity contribution is 5.84. The number of hydrazine groups is 1. The van der Waals surface area contributed by atoms with Gasteiger partial charge in [-0.2, -0.15) is 0 Å². The van der Waals surface area contributed by atoms with Gasteiger partial charge < -0.3 is 14.8 Å². The first-order valence-electron chi connectivity index (χ1n) is 7.30. The second-order valence-electron chi connectivity index (χ2n) is 4.76. The summed E-state index contributed by atoms with van der Waals surface area (Å²) in [5, 5.41) is 18.9. The molecule has 0 amide bonds. The van der Waals surface area contributed by atoms with Gasteiger partial charge in [-0.15, -0.1) is 5.01 Å². The molecule has 0 aliphatic heterocycles. The number of hydrogen-bond acceptors (Lipinski definition) is 4. The van der Waals surface area contributed by atoms with Crippen molar-refractivity contribution in [2.24, 2.45) is 5.28 Å². The molecular formula is C16H21N3O3. The minimum atomic E-state index is 0.175. The van der Waals surface area contributed by atoms with Crippen LogP contribution in [0.1, 0.15) is 19.4 Å². The van der Waals surface area contributed by atoms with Crippen molar-refractivity contribution in [3.63, 3.8) is 0 Å². The molecule has 0 spiro atoms. The van der Waals surface area contributed by atoms with Crippen LogP contribution >= 0.6 is 0 Å². The lowest BCUT2D eigenvalue weighted by molar-refractivity contribution is -0.710. The van der Waals surface area contributed by atoms with Crippen molar-refractivity contribution in [2.45, 2.75) is 20.5 Å². The Labute approximate surface area is 130 Å². The number of ether oxygens (including phenoxy) is 1. The van der Waals surface area contributed by atoms with Crippen LogP contribution in [0.3, 0.4) is 0 Å². The Bertz CT molecular complexity index is 654. The van der Waals surface area contributed by atoms with E-state index in [4.69, 9.17) is 9.57 Å². The fourth-order valence-electron chi connectivity index (χ4n) is 2.23. The normalized spacial score (nSPS) is 11.5. The molecule has 2 aromatic carbocycles. The van der Waals surface area contributed by atoms with Crippen LogP contribution in [0, 0.1) is 5.21 Å². The zero-order valence-electron chi connectivity index (χ0n) is 13.2. The van der Waals surface area contributed by atoms with Gasteiger partial charge in [-0.3, -0.25) is 0 Å². The molecule has 0 saturated carbocycles. The molecule has 22 heavy (non-hydrogen) atoms. The molecule has 6 nitrogen and oxygen atoms in total. The molecular weight excluding hydrogens is 282 g/mol. The largest absolute Gasteiger partial charge is 0.569 e. The Hall–Kier alpha value is -2.50. The van der Waals surface area contributed by atoms with Gasteiger partial charge in [0.05, 0.1) is 25.2 Å². The van der Waals surface area contributed by atoms with Crippen molar-refractivity contribution < 1.29 is 14.5 Å². The molecule has 0 atom stereocenters. The van der Waals surface area contributed by atoms with E-state index < -0.39 is 0 Å². The van der Waals surface area contributed by atoms with Gasteiger partial charge in [0.15, 0.2) is 6.61 Å². The maximum atomic E-state index is 11.7. The van der Waals surface area contributed by atoms with Crippen molar-refractivity contribution in [1.82, 2.24) is 5.01 Å². The van der Waals surface area contributed by atoms with Crippen molar-refractivity contribution in [3.05, 3.63) is 47.2 Å². The van der Waals surface area contributed by atoms with Crippen molar-refractivity contribution in [2.75, 3.05) is 20.2 Å². The average Bonchev–Trinajstić information content (AvgIpc) is 2.55. The molecule has 2 aromatic rings. The zero-order chi connectivity index (χ0) is 15.9. The topological polar surface area (TPSA) is 60.1 Å². The first-order valence-corrected chi connectivity index (χ1v) is 7.30. The zero-order valence-corrected chi connectivity index (χ0v) is 13.2. The summed E-state index contributed by atoms with van der Waals surface area (Å²) >= 11 is 0. The van der Waals surface area contributed by atoms with Gasteiger partial charge in [0.2, 0.25) is 5.28 Å². The Morgan fingerprint density at radius 3 is 2.36 bits per heavy atom. The van der Waals surface area contributed by atoms with E-state index in [1.165, 1.54) is 5.01 Å². The molecule has 6 heteroatoms. The first kappa shape index (κ1) is 15.9. The highest BCUT2D eigenvalue weighted by atomic mass is 16.7. The highest BCUT2D eigenvalue weighted by Crippen LogP contribution is 2.26. The van der Waals surface area contributed by atoms with Crippen molar-refractivity contribution >= 4 is 10.8 Å². The Morgan fingerprint density at radius 1 is 1.14 bits per heavy atom. The lowest BCUT2D eigenvalue weighted by Gasteiger charge is -2.13. The average molecular weight is 303 g/mol. The van der Waals surface area contributed by atoms with E-state index in [2.05, 4.69) is 5.28 Å².